The Morgan fingerprint density at radius 2 is 1.52 bits per heavy atom. The summed E-state index contributed by atoms with van der Waals surface area (Å²) in [6.07, 6.45) is 0.356. The first-order valence-corrected chi connectivity index (χ1v) is 8.21. The first kappa shape index (κ1) is 19.9. The third kappa shape index (κ3) is 8.32. The molecule has 0 aliphatic heterocycles. The molecule has 0 bridgehead atoms. The molecule has 23 heavy (non-hydrogen) atoms. The Kier molecular flexibility index (Phi) is 9.87. The molecule has 0 amide bonds. The lowest BCUT2D eigenvalue weighted by molar-refractivity contribution is 0.0945. The van der Waals surface area contributed by atoms with Gasteiger partial charge in [0.05, 0.1) is 25.4 Å². The fourth-order valence-corrected chi connectivity index (χ4v) is 2.29. The maximum Gasteiger partial charge on any atom is 0.119 e. The maximum atomic E-state index is 10.4. The molecule has 1 N–H and O–H groups in total. The summed E-state index contributed by atoms with van der Waals surface area (Å²) in [6.45, 7) is 7.84. The minimum absolute atomic E-state index is 0.154. The van der Waals surface area contributed by atoms with Crippen LogP contribution >= 0.6 is 0 Å². The van der Waals surface area contributed by atoms with Gasteiger partial charge >= 0.3 is 0 Å². The Hall–Kier alpha value is -1.14. The van der Waals surface area contributed by atoms with Gasteiger partial charge in [-0.1, -0.05) is 12.1 Å². The van der Waals surface area contributed by atoms with E-state index in [0.717, 1.165) is 30.9 Å². The SMILES string of the molecule is COCCN(CCOC)CCC(O)c1ccc(OC(C)C)cc1. The van der Waals surface area contributed by atoms with Crippen LogP contribution in [0.2, 0.25) is 0 Å². The van der Waals surface area contributed by atoms with E-state index in [2.05, 4.69) is 4.90 Å². The van der Waals surface area contributed by atoms with E-state index in [-0.39, 0.29) is 6.10 Å². The van der Waals surface area contributed by atoms with E-state index >= 15 is 0 Å². The minimum atomic E-state index is -0.476. The predicted octanol–water partition coefficient (Wildman–Crippen LogP) is 2.49. The molecule has 0 fully saturated rings. The van der Waals surface area contributed by atoms with Gasteiger partial charge in [0.2, 0.25) is 0 Å². The van der Waals surface area contributed by atoms with Gasteiger partial charge in [0.1, 0.15) is 5.75 Å². The van der Waals surface area contributed by atoms with E-state index < -0.39 is 6.10 Å². The molecule has 0 heterocycles. The lowest BCUT2D eigenvalue weighted by atomic mass is 10.1. The van der Waals surface area contributed by atoms with Crippen molar-refractivity contribution in [2.45, 2.75) is 32.5 Å². The van der Waals surface area contributed by atoms with Gasteiger partial charge < -0.3 is 19.3 Å². The van der Waals surface area contributed by atoms with Crippen molar-refractivity contribution in [3.8, 4) is 5.75 Å². The van der Waals surface area contributed by atoms with E-state index in [4.69, 9.17) is 14.2 Å². The van der Waals surface area contributed by atoms with Crippen LogP contribution in [-0.4, -0.2) is 63.2 Å². The molecule has 1 atom stereocenters. The highest BCUT2D eigenvalue weighted by molar-refractivity contribution is 5.28. The van der Waals surface area contributed by atoms with Gasteiger partial charge in [-0.15, -0.1) is 0 Å². The van der Waals surface area contributed by atoms with Crippen molar-refractivity contribution in [3.05, 3.63) is 29.8 Å². The summed E-state index contributed by atoms with van der Waals surface area (Å²) in [5.41, 5.74) is 0.916. The van der Waals surface area contributed by atoms with Crippen LogP contribution in [0.4, 0.5) is 0 Å². The molecule has 0 aromatic heterocycles. The highest BCUT2D eigenvalue weighted by atomic mass is 16.5. The summed E-state index contributed by atoms with van der Waals surface area (Å²) in [5, 5.41) is 10.4. The monoisotopic (exact) mass is 325 g/mol. The molecule has 0 radical (unpaired) electrons. The zero-order valence-electron chi connectivity index (χ0n) is 14.8. The van der Waals surface area contributed by atoms with Crippen LogP contribution in [0, 0.1) is 0 Å². The molecule has 5 nitrogen and oxygen atoms in total. The third-order valence-electron chi connectivity index (χ3n) is 3.58. The number of nitrogens with zero attached hydrogens (tertiary/aromatic N) is 1. The van der Waals surface area contributed by atoms with E-state index in [1.807, 2.05) is 38.1 Å². The van der Waals surface area contributed by atoms with Crippen molar-refractivity contribution in [1.82, 2.24) is 4.90 Å². The standard InChI is InChI=1S/C18H31NO4/c1-15(2)23-17-7-5-16(6-8-17)18(20)9-10-19(11-13-21-3)12-14-22-4/h5-8,15,18,20H,9-14H2,1-4H3. The van der Waals surface area contributed by atoms with Crippen LogP contribution in [0.5, 0.6) is 5.75 Å². The molecule has 1 rings (SSSR count). The number of rotatable bonds is 12. The van der Waals surface area contributed by atoms with Gasteiger partial charge in [0.25, 0.3) is 0 Å². The van der Waals surface area contributed by atoms with Crippen LogP contribution in [0.25, 0.3) is 0 Å². The second-order valence-electron chi connectivity index (χ2n) is 5.87. The molecule has 1 aromatic rings. The van der Waals surface area contributed by atoms with Gasteiger partial charge in [0, 0.05) is 33.9 Å². The Bertz CT molecular complexity index is 400. The average Bonchev–Trinajstić information content (AvgIpc) is 2.54. The summed E-state index contributed by atoms with van der Waals surface area (Å²) in [4.78, 5) is 2.24. The number of methoxy groups -OCH3 is 2. The van der Waals surface area contributed by atoms with E-state index in [0.29, 0.717) is 19.6 Å². The van der Waals surface area contributed by atoms with E-state index in [1.54, 1.807) is 14.2 Å². The lowest BCUT2D eigenvalue weighted by Gasteiger charge is -2.23. The Morgan fingerprint density at radius 3 is 2.00 bits per heavy atom. The zero-order valence-corrected chi connectivity index (χ0v) is 14.8. The molecule has 1 aromatic carbocycles. The molecule has 1 unspecified atom stereocenters. The highest BCUT2D eigenvalue weighted by Gasteiger charge is 2.11. The number of aliphatic hydroxyl groups is 1. The number of hydrogen-bond acceptors (Lipinski definition) is 5. The second kappa shape index (κ2) is 11.4. The number of aliphatic hydroxyl groups excluding tert-OH is 1. The van der Waals surface area contributed by atoms with Gasteiger partial charge in [-0.2, -0.15) is 0 Å². The van der Waals surface area contributed by atoms with E-state index in [9.17, 15) is 5.11 Å². The van der Waals surface area contributed by atoms with Crippen LogP contribution in [-0.2, 0) is 9.47 Å². The van der Waals surface area contributed by atoms with Crippen LogP contribution in [0.15, 0.2) is 24.3 Å². The normalized spacial score (nSPS) is 12.8. The first-order chi connectivity index (χ1) is 11.1. The van der Waals surface area contributed by atoms with Gasteiger partial charge in [-0.3, -0.25) is 4.90 Å². The smallest absolute Gasteiger partial charge is 0.119 e. The van der Waals surface area contributed by atoms with Gasteiger partial charge in [-0.05, 0) is 38.0 Å². The summed E-state index contributed by atoms with van der Waals surface area (Å²) < 4.78 is 15.9. The minimum Gasteiger partial charge on any atom is -0.491 e. The number of benzene rings is 1. The van der Waals surface area contributed by atoms with Gasteiger partial charge in [-0.25, -0.2) is 0 Å². The Labute approximate surface area is 140 Å². The highest BCUT2D eigenvalue weighted by Crippen LogP contribution is 2.21. The van der Waals surface area contributed by atoms with Crippen LogP contribution in [0.3, 0.4) is 0 Å². The molecule has 0 saturated carbocycles. The average molecular weight is 325 g/mol. The molecule has 0 saturated heterocycles. The first-order valence-electron chi connectivity index (χ1n) is 8.21. The largest absolute Gasteiger partial charge is 0.491 e. The fraction of sp³-hybridized carbons (Fsp3) is 0.667. The maximum absolute atomic E-state index is 10.4. The predicted molar refractivity (Wildman–Crippen MR) is 92.0 cm³/mol. The molecule has 5 heteroatoms. The Balaban J connectivity index is 2.47. The molecular formula is C18H31NO4. The fourth-order valence-electron chi connectivity index (χ4n) is 2.29. The Morgan fingerprint density at radius 1 is 0.957 bits per heavy atom. The summed E-state index contributed by atoms with van der Waals surface area (Å²) >= 11 is 0. The summed E-state index contributed by atoms with van der Waals surface area (Å²) in [6, 6.07) is 7.67. The molecule has 0 aliphatic carbocycles. The molecule has 0 spiro atoms. The topological polar surface area (TPSA) is 51.2 Å². The van der Waals surface area contributed by atoms with Gasteiger partial charge in [0.15, 0.2) is 0 Å². The van der Waals surface area contributed by atoms with Crippen molar-refractivity contribution in [1.29, 1.82) is 0 Å². The van der Waals surface area contributed by atoms with E-state index in [1.165, 1.54) is 0 Å². The molecule has 132 valence electrons. The number of hydrogen-bond donors (Lipinski definition) is 1. The van der Waals surface area contributed by atoms with Crippen molar-refractivity contribution < 1.29 is 19.3 Å². The second-order valence-corrected chi connectivity index (χ2v) is 5.87. The van der Waals surface area contributed by atoms with Crippen molar-refractivity contribution >= 4 is 0 Å². The molecule has 0 aliphatic rings. The number of ether oxygens (including phenoxy) is 3. The van der Waals surface area contributed by atoms with Crippen molar-refractivity contribution in [2.24, 2.45) is 0 Å². The van der Waals surface area contributed by atoms with Crippen molar-refractivity contribution in [2.75, 3.05) is 47.1 Å². The summed E-state index contributed by atoms with van der Waals surface area (Å²) in [5.74, 6) is 0.831. The lowest BCUT2D eigenvalue weighted by Crippen LogP contribution is -2.32. The molecular weight excluding hydrogens is 294 g/mol. The zero-order chi connectivity index (χ0) is 17.1. The third-order valence-corrected chi connectivity index (χ3v) is 3.58. The van der Waals surface area contributed by atoms with Crippen molar-refractivity contribution in [3.63, 3.8) is 0 Å². The van der Waals surface area contributed by atoms with Crippen LogP contribution in [0.1, 0.15) is 31.9 Å². The summed E-state index contributed by atoms with van der Waals surface area (Å²) in [7, 11) is 3.40. The van der Waals surface area contributed by atoms with Crippen LogP contribution < -0.4 is 4.74 Å². The quantitative estimate of drug-likeness (QED) is 0.640.